The van der Waals surface area contributed by atoms with Gasteiger partial charge in [-0.3, -0.25) is 0 Å². The number of benzene rings is 1. The molecule has 0 bridgehead atoms. The van der Waals surface area contributed by atoms with E-state index in [0.717, 1.165) is 0 Å². The minimum atomic E-state index is -0.718. The maximum atomic E-state index is 13.4. The van der Waals surface area contributed by atoms with Crippen LogP contribution in [0.5, 0.6) is 5.75 Å². The fourth-order valence-electron chi connectivity index (χ4n) is 1.51. The third-order valence-electron chi connectivity index (χ3n) is 2.43. The molecule has 0 saturated heterocycles. The molecule has 0 heterocycles. The molecule has 0 atom stereocenters. The van der Waals surface area contributed by atoms with Crippen LogP contribution in [0.4, 0.5) is 8.78 Å². The van der Waals surface area contributed by atoms with Crippen LogP contribution in [0.3, 0.4) is 0 Å². The van der Waals surface area contributed by atoms with E-state index in [9.17, 15) is 8.78 Å². The summed E-state index contributed by atoms with van der Waals surface area (Å²) in [5.74, 6) is -1.81. The van der Waals surface area contributed by atoms with Crippen molar-refractivity contribution in [1.29, 1.82) is 0 Å². The fraction of sp³-hybridized carbons (Fsp3) is 0.500. The summed E-state index contributed by atoms with van der Waals surface area (Å²) < 4.78 is 41.3. The van der Waals surface area contributed by atoms with Crippen molar-refractivity contribution in [3.63, 3.8) is 0 Å². The summed E-state index contributed by atoms with van der Waals surface area (Å²) in [5.41, 5.74) is 0.483. The van der Waals surface area contributed by atoms with Gasteiger partial charge >= 0.3 is 0 Å². The molecule has 0 unspecified atom stereocenters. The van der Waals surface area contributed by atoms with E-state index in [4.69, 9.17) is 9.47 Å². The van der Waals surface area contributed by atoms with Crippen molar-refractivity contribution in [2.75, 3.05) is 27.9 Å². The van der Waals surface area contributed by atoms with Crippen LogP contribution in [0.15, 0.2) is 12.1 Å². The van der Waals surface area contributed by atoms with Crippen LogP contribution in [0.25, 0.3) is 0 Å². The normalized spacial score (nSPS) is 11.0. The summed E-state index contributed by atoms with van der Waals surface area (Å²) in [4.78, 5) is 0. The Balaban J connectivity index is 2.58. The highest BCUT2D eigenvalue weighted by Crippen LogP contribution is 2.22. The zero-order valence-electron chi connectivity index (χ0n) is 10.6. The van der Waals surface area contributed by atoms with Crippen LogP contribution >= 0.6 is 0 Å². The lowest BCUT2D eigenvalue weighted by Gasteiger charge is -2.14. The second-order valence-corrected chi connectivity index (χ2v) is 3.62. The first-order valence-electron chi connectivity index (χ1n) is 5.40. The molecule has 0 aliphatic carbocycles. The van der Waals surface area contributed by atoms with Crippen LogP contribution in [0.1, 0.15) is 5.56 Å². The molecule has 0 radical (unpaired) electrons. The molecule has 4 nitrogen and oxygen atoms in total. The first kappa shape index (κ1) is 14.8. The number of methoxy groups -OCH3 is 3. The molecule has 0 fully saturated rings. The van der Waals surface area contributed by atoms with Crippen LogP contribution in [-0.2, 0) is 16.0 Å². The third-order valence-corrected chi connectivity index (χ3v) is 2.43. The Labute approximate surface area is 105 Å². The Morgan fingerprint density at radius 2 is 1.67 bits per heavy atom. The highest BCUT2D eigenvalue weighted by atomic mass is 19.1. The smallest absolute Gasteiger partial charge is 0.190 e. The van der Waals surface area contributed by atoms with E-state index in [1.165, 1.54) is 33.5 Å². The largest absolute Gasteiger partial charge is 0.491 e. The SMILES string of the molecule is COc1c(F)cc(CNCC(OC)OC)cc1F. The second kappa shape index (κ2) is 7.25. The molecule has 1 N–H and O–H groups in total. The van der Waals surface area contributed by atoms with Gasteiger partial charge in [0.05, 0.1) is 7.11 Å². The van der Waals surface area contributed by atoms with Gasteiger partial charge in [0, 0.05) is 27.3 Å². The molecule has 0 spiro atoms. The van der Waals surface area contributed by atoms with Crippen molar-refractivity contribution >= 4 is 0 Å². The Bertz CT molecular complexity index is 361. The highest BCUT2D eigenvalue weighted by Gasteiger charge is 2.11. The van der Waals surface area contributed by atoms with E-state index < -0.39 is 17.9 Å². The summed E-state index contributed by atoms with van der Waals surface area (Å²) in [6.07, 6.45) is -0.391. The lowest BCUT2D eigenvalue weighted by Crippen LogP contribution is -2.29. The average molecular weight is 261 g/mol. The van der Waals surface area contributed by atoms with Crippen molar-refractivity contribution in [1.82, 2.24) is 5.32 Å². The topological polar surface area (TPSA) is 39.7 Å². The maximum absolute atomic E-state index is 13.4. The van der Waals surface area contributed by atoms with Crippen LogP contribution < -0.4 is 10.1 Å². The van der Waals surface area contributed by atoms with Crippen molar-refractivity contribution < 1.29 is 23.0 Å². The summed E-state index contributed by atoms with van der Waals surface area (Å²) in [5, 5.41) is 2.97. The molecule has 1 aromatic carbocycles. The summed E-state index contributed by atoms with van der Waals surface area (Å²) >= 11 is 0. The van der Waals surface area contributed by atoms with Gasteiger partial charge in [0.2, 0.25) is 0 Å². The minimum Gasteiger partial charge on any atom is -0.491 e. The van der Waals surface area contributed by atoms with E-state index in [1.54, 1.807) is 0 Å². The number of nitrogens with one attached hydrogen (secondary N) is 1. The molecule has 1 aromatic rings. The standard InChI is InChI=1S/C12H17F2NO3/c1-16-11(17-2)7-15-6-8-4-9(13)12(18-3)10(14)5-8/h4-5,11,15H,6-7H2,1-3H3. The molecular weight excluding hydrogens is 244 g/mol. The predicted octanol–water partition coefficient (Wildman–Crippen LogP) is 1.68. The van der Waals surface area contributed by atoms with Gasteiger partial charge in [0.1, 0.15) is 0 Å². The van der Waals surface area contributed by atoms with Crippen molar-refractivity contribution in [3.05, 3.63) is 29.3 Å². The first-order valence-corrected chi connectivity index (χ1v) is 5.40. The summed E-state index contributed by atoms with van der Waals surface area (Å²) in [6.45, 7) is 0.726. The van der Waals surface area contributed by atoms with Gasteiger partial charge in [-0.05, 0) is 17.7 Å². The van der Waals surface area contributed by atoms with E-state index in [0.29, 0.717) is 18.7 Å². The van der Waals surface area contributed by atoms with E-state index in [2.05, 4.69) is 10.1 Å². The van der Waals surface area contributed by atoms with Crippen LogP contribution in [0.2, 0.25) is 0 Å². The zero-order chi connectivity index (χ0) is 13.5. The molecule has 0 aromatic heterocycles. The predicted molar refractivity (Wildman–Crippen MR) is 62.4 cm³/mol. The molecule has 0 amide bonds. The molecule has 6 heteroatoms. The van der Waals surface area contributed by atoms with Crippen molar-refractivity contribution in [2.24, 2.45) is 0 Å². The summed E-state index contributed by atoms with van der Waals surface area (Å²) in [6, 6.07) is 2.45. The van der Waals surface area contributed by atoms with Crippen LogP contribution in [-0.4, -0.2) is 34.2 Å². The van der Waals surface area contributed by atoms with Crippen molar-refractivity contribution in [2.45, 2.75) is 12.8 Å². The molecule has 1 rings (SSSR count). The molecule has 18 heavy (non-hydrogen) atoms. The number of ether oxygens (including phenoxy) is 3. The minimum absolute atomic E-state index is 0.307. The highest BCUT2D eigenvalue weighted by molar-refractivity contribution is 5.31. The third kappa shape index (κ3) is 3.90. The number of halogens is 2. The molecule has 0 saturated carbocycles. The van der Waals surface area contributed by atoms with E-state index in [-0.39, 0.29) is 5.75 Å². The molecule has 0 aliphatic heterocycles. The number of hydrogen-bond acceptors (Lipinski definition) is 4. The molecule has 102 valence electrons. The van der Waals surface area contributed by atoms with Gasteiger partial charge in [-0.1, -0.05) is 0 Å². The van der Waals surface area contributed by atoms with Gasteiger partial charge in [0.15, 0.2) is 23.7 Å². The van der Waals surface area contributed by atoms with Gasteiger partial charge in [-0.15, -0.1) is 0 Å². The Morgan fingerprint density at radius 3 is 2.11 bits per heavy atom. The van der Waals surface area contributed by atoms with E-state index >= 15 is 0 Å². The Kier molecular flexibility index (Phi) is 5.97. The van der Waals surface area contributed by atoms with E-state index in [1.807, 2.05) is 0 Å². The average Bonchev–Trinajstić information content (AvgIpc) is 2.34. The number of hydrogen-bond donors (Lipinski definition) is 1. The quantitative estimate of drug-likeness (QED) is 0.758. The number of rotatable bonds is 7. The lowest BCUT2D eigenvalue weighted by molar-refractivity contribution is -0.0989. The second-order valence-electron chi connectivity index (χ2n) is 3.62. The van der Waals surface area contributed by atoms with Crippen molar-refractivity contribution in [3.8, 4) is 5.75 Å². The first-order chi connectivity index (χ1) is 8.62. The van der Waals surface area contributed by atoms with Gasteiger partial charge in [0.25, 0.3) is 0 Å². The Hall–Kier alpha value is -1.24. The maximum Gasteiger partial charge on any atom is 0.190 e. The molecular formula is C12H17F2NO3. The van der Waals surface area contributed by atoms with Crippen LogP contribution in [0, 0.1) is 11.6 Å². The monoisotopic (exact) mass is 261 g/mol. The van der Waals surface area contributed by atoms with Gasteiger partial charge in [-0.2, -0.15) is 0 Å². The zero-order valence-corrected chi connectivity index (χ0v) is 10.6. The van der Waals surface area contributed by atoms with Gasteiger partial charge in [-0.25, -0.2) is 8.78 Å². The molecule has 0 aliphatic rings. The fourth-order valence-corrected chi connectivity index (χ4v) is 1.51. The summed E-state index contributed by atoms with van der Waals surface area (Å²) in [7, 11) is 4.26. The Morgan fingerprint density at radius 1 is 1.11 bits per heavy atom. The lowest BCUT2D eigenvalue weighted by atomic mass is 10.2. The van der Waals surface area contributed by atoms with Gasteiger partial charge < -0.3 is 19.5 Å².